The number of hydrogen-bond donors (Lipinski definition) is 0. The maximum Gasteiger partial charge on any atom is 0.0540 e. The van der Waals surface area contributed by atoms with E-state index in [0.29, 0.717) is 0 Å². The van der Waals surface area contributed by atoms with Crippen LogP contribution < -0.4 is 4.90 Å². The molecule has 0 radical (unpaired) electrons. The summed E-state index contributed by atoms with van der Waals surface area (Å²) in [4.78, 5) is 2.45. The molecule has 9 aromatic rings. The predicted octanol–water partition coefficient (Wildman–Crippen LogP) is 14.8. The number of rotatable bonds is 6. The Labute approximate surface area is 317 Å². The van der Waals surface area contributed by atoms with Crippen LogP contribution in [-0.2, 0) is 5.41 Å². The Morgan fingerprint density at radius 3 is 1.44 bits per heavy atom. The Bertz CT molecular complexity index is 2830. The summed E-state index contributed by atoms with van der Waals surface area (Å²) < 4.78 is 0. The molecule has 0 aromatic heterocycles. The first-order valence-electron chi connectivity index (χ1n) is 18.9. The van der Waals surface area contributed by atoms with Gasteiger partial charge in [-0.05, 0) is 102 Å². The standard InChI is InChI=1S/C53H39N/c1-53(2)48-27-15-13-24-44(48)45-34-33-40(35-49(45)53)54(50-28-16-14-21-41(50)36-17-5-3-6-18-36)39-31-29-38(30-32-39)52-47-26-12-10-23-43(47)42-22-9-11-25-46(42)51(52)37-19-7-4-8-20-37/h3-35H,1-2H3. The van der Waals surface area contributed by atoms with Crippen LogP contribution in [0.15, 0.2) is 200 Å². The molecule has 0 aliphatic heterocycles. The monoisotopic (exact) mass is 689 g/mol. The topological polar surface area (TPSA) is 3.24 Å². The molecule has 54 heavy (non-hydrogen) atoms. The SMILES string of the molecule is CC1(C)c2ccccc2-c2ccc(N(c3ccc(-c4c(-c5ccccc5)c5ccccc5c5ccccc45)cc3)c3ccccc3-c3ccccc3)cc21. The van der Waals surface area contributed by atoms with Gasteiger partial charge in [-0.15, -0.1) is 0 Å². The summed E-state index contributed by atoms with van der Waals surface area (Å²) in [5.41, 5.74) is 16.0. The van der Waals surface area contributed by atoms with Gasteiger partial charge in [-0.3, -0.25) is 0 Å². The predicted molar refractivity (Wildman–Crippen MR) is 230 cm³/mol. The zero-order valence-corrected chi connectivity index (χ0v) is 30.5. The molecule has 1 aliphatic carbocycles. The number of benzene rings is 9. The Morgan fingerprint density at radius 2 is 0.796 bits per heavy atom. The van der Waals surface area contributed by atoms with Crippen molar-refractivity contribution in [3.8, 4) is 44.5 Å². The highest BCUT2D eigenvalue weighted by Gasteiger charge is 2.36. The number of para-hydroxylation sites is 1. The van der Waals surface area contributed by atoms with Gasteiger partial charge in [-0.1, -0.05) is 184 Å². The summed E-state index contributed by atoms with van der Waals surface area (Å²) >= 11 is 0. The molecule has 0 amide bonds. The lowest BCUT2D eigenvalue weighted by atomic mass is 9.82. The lowest BCUT2D eigenvalue weighted by Gasteiger charge is -2.30. The Hall–Kier alpha value is -6.70. The Morgan fingerprint density at radius 1 is 0.333 bits per heavy atom. The normalized spacial score (nSPS) is 12.8. The molecule has 0 saturated heterocycles. The van der Waals surface area contributed by atoms with E-state index in [4.69, 9.17) is 0 Å². The van der Waals surface area contributed by atoms with Crippen LogP contribution >= 0.6 is 0 Å². The van der Waals surface area contributed by atoms with Crippen LogP contribution in [0.5, 0.6) is 0 Å². The third-order valence-corrected chi connectivity index (χ3v) is 11.5. The highest BCUT2D eigenvalue weighted by atomic mass is 15.1. The summed E-state index contributed by atoms with van der Waals surface area (Å²) in [6.07, 6.45) is 0. The summed E-state index contributed by atoms with van der Waals surface area (Å²) in [6.45, 7) is 4.72. The van der Waals surface area contributed by atoms with Gasteiger partial charge in [0.25, 0.3) is 0 Å². The van der Waals surface area contributed by atoms with Gasteiger partial charge in [-0.2, -0.15) is 0 Å². The van der Waals surface area contributed by atoms with Crippen LogP contribution in [0.1, 0.15) is 25.0 Å². The van der Waals surface area contributed by atoms with Crippen molar-refractivity contribution in [3.05, 3.63) is 211 Å². The second kappa shape index (κ2) is 12.8. The molecule has 0 N–H and O–H groups in total. The Balaban J connectivity index is 1.19. The molecular formula is C53H39N. The second-order valence-electron chi connectivity index (χ2n) is 14.9. The lowest BCUT2D eigenvalue weighted by molar-refractivity contribution is 0.660. The third-order valence-electron chi connectivity index (χ3n) is 11.5. The molecule has 9 aromatic carbocycles. The number of nitrogens with zero attached hydrogens (tertiary/aromatic N) is 1. The first kappa shape index (κ1) is 32.0. The molecule has 0 atom stereocenters. The van der Waals surface area contributed by atoms with Gasteiger partial charge in [0, 0.05) is 22.4 Å². The summed E-state index contributed by atoms with van der Waals surface area (Å²) in [6, 6.07) is 73.3. The van der Waals surface area contributed by atoms with E-state index in [0.717, 1.165) is 17.1 Å². The van der Waals surface area contributed by atoms with E-state index in [1.807, 2.05) is 0 Å². The fraction of sp³-hybridized carbons (Fsp3) is 0.0566. The van der Waals surface area contributed by atoms with Gasteiger partial charge in [0.1, 0.15) is 0 Å². The van der Waals surface area contributed by atoms with E-state index in [-0.39, 0.29) is 5.41 Å². The van der Waals surface area contributed by atoms with Crippen molar-refractivity contribution in [1.82, 2.24) is 0 Å². The van der Waals surface area contributed by atoms with E-state index in [2.05, 4.69) is 219 Å². The molecule has 10 rings (SSSR count). The average Bonchev–Trinajstić information content (AvgIpc) is 3.47. The third kappa shape index (κ3) is 5.08. The van der Waals surface area contributed by atoms with E-state index in [1.54, 1.807) is 0 Å². The lowest BCUT2D eigenvalue weighted by Crippen LogP contribution is -2.16. The minimum atomic E-state index is -0.110. The first-order chi connectivity index (χ1) is 26.6. The van der Waals surface area contributed by atoms with Gasteiger partial charge in [0.2, 0.25) is 0 Å². The zero-order chi connectivity index (χ0) is 36.2. The number of anilines is 3. The molecule has 1 nitrogen and oxygen atoms in total. The van der Waals surface area contributed by atoms with Crippen LogP contribution in [0.3, 0.4) is 0 Å². The molecule has 1 aliphatic rings. The molecule has 0 fully saturated rings. The van der Waals surface area contributed by atoms with Gasteiger partial charge in [0.05, 0.1) is 5.69 Å². The molecule has 0 bridgehead atoms. The minimum absolute atomic E-state index is 0.110. The van der Waals surface area contributed by atoms with Gasteiger partial charge >= 0.3 is 0 Å². The van der Waals surface area contributed by atoms with Crippen LogP contribution in [-0.4, -0.2) is 0 Å². The van der Waals surface area contributed by atoms with Gasteiger partial charge < -0.3 is 4.90 Å². The van der Waals surface area contributed by atoms with E-state index in [1.165, 1.54) is 77.2 Å². The van der Waals surface area contributed by atoms with Gasteiger partial charge in [-0.25, -0.2) is 0 Å². The van der Waals surface area contributed by atoms with Crippen molar-refractivity contribution in [1.29, 1.82) is 0 Å². The van der Waals surface area contributed by atoms with E-state index >= 15 is 0 Å². The fourth-order valence-electron chi connectivity index (χ4n) is 8.91. The highest BCUT2D eigenvalue weighted by molar-refractivity contribution is 6.21. The molecule has 0 saturated carbocycles. The highest BCUT2D eigenvalue weighted by Crippen LogP contribution is 2.52. The first-order valence-corrected chi connectivity index (χ1v) is 18.9. The largest absolute Gasteiger partial charge is 0.310 e. The number of fused-ring (bicyclic) bond motifs is 6. The molecule has 0 heterocycles. The molecule has 0 spiro atoms. The quantitative estimate of drug-likeness (QED) is 0.157. The second-order valence-corrected chi connectivity index (χ2v) is 14.9. The smallest absolute Gasteiger partial charge is 0.0540 e. The van der Waals surface area contributed by atoms with Crippen LogP contribution in [0.2, 0.25) is 0 Å². The van der Waals surface area contributed by atoms with Crippen molar-refractivity contribution < 1.29 is 0 Å². The van der Waals surface area contributed by atoms with Gasteiger partial charge in [0.15, 0.2) is 0 Å². The van der Waals surface area contributed by atoms with Crippen LogP contribution in [0.25, 0.3) is 66.1 Å². The maximum atomic E-state index is 2.45. The summed E-state index contributed by atoms with van der Waals surface area (Å²) in [5.74, 6) is 0. The van der Waals surface area contributed by atoms with Crippen LogP contribution in [0.4, 0.5) is 17.1 Å². The zero-order valence-electron chi connectivity index (χ0n) is 30.5. The average molecular weight is 690 g/mol. The number of hydrogen-bond acceptors (Lipinski definition) is 1. The minimum Gasteiger partial charge on any atom is -0.310 e. The Kier molecular flexibility index (Phi) is 7.56. The molecule has 0 unspecified atom stereocenters. The van der Waals surface area contributed by atoms with Crippen molar-refractivity contribution in [2.45, 2.75) is 19.3 Å². The van der Waals surface area contributed by atoms with Crippen molar-refractivity contribution >= 4 is 38.6 Å². The molecular weight excluding hydrogens is 651 g/mol. The van der Waals surface area contributed by atoms with Crippen LogP contribution in [0, 0.1) is 0 Å². The summed E-state index contributed by atoms with van der Waals surface area (Å²) in [5, 5.41) is 5.07. The summed E-state index contributed by atoms with van der Waals surface area (Å²) in [7, 11) is 0. The van der Waals surface area contributed by atoms with Crippen molar-refractivity contribution in [2.75, 3.05) is 4.90 Å². The van der Waals surface area contributed by atoms with E-state index in [9.17, 15) is 0 Å². The van der Waals surface area contributed by atoms with Crippen molar-refractivity contribution in [2.24, 2.45) is 0 Å². The fourth-order valence-corrected chi connectivity index (χ4v) is 8.91. The van der Waals surface area contributed by atoms with E-state index < -0.39 is 0 Å². The molecule has 256 valence electrons. The molecule has 1 heteroatoms. The maximum absolute atomic E-state index is 2.45. The van der Waals surface area contributed by atoms with Crippen molar-refractivity contribution in [3.63, 3.8) is 0 Å².